The van der Waals surface area contributed by atoms with Crippen molar-refractivity contribution < 1.29 is 14.3 Å². The van der Waals surface area contributed by atoms with Crippen LogP contribution in [0.25, 0.3) is 11.0 Å². The minimum atomic E-state index is -0.537. The predicted octanol–water partition coefficient (Wildman–Crippen LogP) is 5.67. The molecule has 164 valence electrons. The van der Waals surface area contributed by atoms with E-state index < -0.39 is 5.25 Å². The molecule has 1 amide bonds. The van der Waals surface area contributed by atoms with Gasteiger partial charge in [-0.05, 0) is 36.8 Å². The molecule has 0 aliphatic carbocycles. The third kappa shape index (κ3) is 5.30. The number of H-pyrrole nitrogens is 1. The Morgan fingerprint density at radius 3 is 2.53 bits per heavy atom. The molecule has 2 N–H and O–H groups in total. The number of ether oxygens (including phenoxy) is 1. The Kier molecular flexibility index (Phi) is 7.56. The number of rotatable bonds is 7. The average molecular weight is 468 g/mol. The minimum Gasteiger partial charge on any atom is -0.497 e. The second kappa shape index (κ2) is 10.3. The topological polar surface area (TPSA) is 84.1 Å². The highest BCUT2D eigenvalue weighted by molar-refractivity contribution is 8.00. The number of Topliss-reactive ketones (excluding diaryl/α,β-unsaturated/α-hetero) is 1. The third-order valence-corrected chi connectivity index (χ3v) is 5.91. The fraction of sp³-hybridized carbons (Fsp3) is 0.125. The molecule has 3 aromatic carbocycles. The number of nitrogens with one attached hydrogen (secondary N) is 2. The molecule has 0 saturated heterocycles. The number of ketones is 1. The highest BCUT2D eigenvalue weighted by Gasteiger charge is 2.24. The summed E-state index contributed by atoms with van der Waals surface area (Å²) in [6.07, 6.45) is 0. The summed E-state index contributed by atoms with van der Waals surface area (Å²) in [7, 11) is 1.62. The van der Waals surface area contributed by atoms with Gasteiger partial charge in [0, 0.05) is 17.3 Å². The van der Waals surface area contributed by atoms with Crippen LogP contribution in [0.4, 0.5) is 5.69 Å². The number of hydrogen-bond acceptors (Lipinski definition) is 5. The number of aromatic amines is 1. The molecule has 0 bridgehead atoms. The van der Waals surface area contributed by atoms with Gasteiger partial charge in [-0.3, -0.25) is 9.59 Å². The summed E-state index contributed by atoms with van der Waals surface area (Å²) in [5.41, 5.74) is 3.61. The second-order valence-electron chi connectivity index (χ2n) is 6.96. The maximum absolute atomic E-state index is 13.2. The average Bonchev–Trinajstić information content (AvgIpc) is 3.19. The van der Waals surface area contributed by atoms with Gasteiger partial charge in [0.25, 0.3) is 0 Å². The van der Waals surface area contributed by atoms with Gasteiger partial charge in [0.15, 0.2) is 10.9 Å². The molecule has 8 heteroatoms. The van der Waals surface area contributed by atoms with Crippen LogP contribution < -0.4 is 10.1 Å². The Morgan fingerprint density at radius 2 is 1.81 bits per heavy atom. The van der Waals surface area contributed by atoms with E-state index in [0.29, 0.717) is 16.4 Å². The Balaban J connectivity index is 0.00000289. The van der Waals surface area contributed by atoms with E-state index in [2.05, 4.69) is 15.3 Å². The lowest BCUT2D eigenvalue weighted by atomic mass is 10.1. The van der Waals surface area contributed by atoms with Gasteiger partial charge in [-0.25, -0.2) is 4.98 Å². The normalized spacial score (nSPS) is 11.4. The van der Waals surface area contributed by atoms with E-state index in [9.17, 15) is 9.59 Å². The predicted molar refractivity (Wildman–Crippen MR) is 130 cm³/mol. The highest BCUT2D eigenvalue weighted by Crippen LogP contribution is 2.36. The van der Waals surface area contributed by atoms with E-state index in [-0.39, 0.29) is 24.1 Å². The van der Waals surface area contributed by atoms with Gasteiger partial charge in [0.05, 0.1) is 18.1 Å². The number of carbonyl (C=O) groups is 2. The summed E-state index contributed by atoms with van der Waals surface area (Å²) in [6, 6.07) is 22.1. The molecule has 6 nitrogen and oxygen atoms in total. The Hall–Kier alpha value is -3.29. The lowest BCUT2D eigenvalue weighted by Gasteiger charge is -2.16. The molecule has 4 rings (SSSR count). The number of thioether (sulfide) groups is 1. The van der Waals surface area contributed by atoms with Crippen molar-refractivity contribution in [3.63, 3.8) is 0 Å². The van der Waals surface area contributed by atoms with E-state index in [1.54, 1.807) is 31.4 Å². The number of fused-ring (bicyclic) bond motifs is 1. The first-order valence-corrected chi connectivity index (χ1v) is 10.6. The van der Waals surface area contributed by atoms with E-state index in [0.717, 1.165) is 22.3 Å². The van der Waals surface area contributed by atoms with E-state index in [1.165, 1.54) is 18.7 Å². The summed E-state index contributed by atoms with van der Waals surface area (Å²) >= 11 is 1.33. The lowest BCUT2D eigenvalue weighted by molar-refractivity contribution is -0.115. The SMILES string of the molecule is COc1ccc2nc(SC(C(=O)Nc3cccc(C(C)=O)c3)c3ccccc3)[nH]c2c1.Cl. The van der Waals surface area contributed by atoms with Crippen molar-refractivity contribution in [3.05, 3.63) is 83.9 Å². The van der Waals surface area contributed by atoms with Gasteiger partial charge >= 0.3 is 0 Å². The Morgan fingerprint density at radius 1 is 1.03 bits per heavy atom. The van der Waals surface area contributed by atoms with Gasteiger partial charge in [0.1, 0.15) is 11.0 Å². The summed E-state index contributed by atoms with van der Waals surface area (Å²) in [4.78, 5) is 32.8. The largest absolute Gasteiger partial charge is 0.497 e. The number of imidazole rings is 1. The van der Waals surface area contributed by atoms with Crippen LogP contribution in [0.5, 0.6) is 5.75 Å². The zero-order valence-corrected chi connectivity index (χ0v) is 19.1. The molecule has 32 heavy (non-hydrogen) atoms. The molecule has 0 spiro atoms. The van der Waals surface area contributed by atoms with Crippen LogP contribution in [0.2, 0.25) is 0 Å². The first kappa shape index (κ1) is 23.4. The number of hydrogen-bond donors (Lipinski definition) is 2. The standard InChI is InChI=1S/C24H21N3O3S.ClH/c1-15(28)17-9-6-10-18(13-17)25-23(29)22(16-7-4-3-5-8-16)31-24-26-20-12-11-19(30-2)14-21(20)27-24;/h3-14,22H,1-2H3,(H,25,29)(H,26,27);1H. The van der Waals surface area contributed by atoms with Crippen molar-refractivity contribution in [2.45, 2.75) is 17.3 Å². The molecule has 1 heterocycles. The van der Waals surface area contributed by atoms with Gasteiger partial charge < -0.3 is 15.0 Å². The van der Waals surface area contributed by atoms with Gasteiger partial charge in [0.2, 0.25) is 5.91 Å². The zero-order valence-electron chi connectivity index (χ0n) is 17.5. The van der Waals surface area contributed by atoms with Crippen molar-refractivity contribution in [3.8, 4) is 5.75 Å². The fourth-order valence-electron chi connectivity index (χ4n) is 3.18. The summed E-state index contributed by atoms with van der Waals surface area (Å²) in [6.45, 7) is 1.50. The molecular weight excluding hydrogens is 446 g/mol. The maximum Gasteiger partial charge on any atom is 0.242 e. The van der Waals surface area contributed by atoms with Crippen LogP contribution in [0, 0.1) is 0 Å². The first-order valence-electron chi connectivity index (χ1n) is 9.71. The number of carbonyl (C=O) groups excluding carboxylic acids is 2. The molecule has 0 aliphatic heterocycles. The Labute approximate surface area is 196 Å². The van der Waals surface area contributed by atoms with Crippen LogP contribution >= 0.6 is 24.2 Å². The van der Waals surface area contributed by atoms with E-state index in [4.69, 9.17) is 4.74 Å². The minimum absolute atomic E-state index is 0. The van der Waals surface area contributed by atoms with Crippen LogP contribution in [0.15, 0.2) is 78.0 Å². The number of aromatic nitrogens is 2. The first-order chi connectivity index (χ1) is 15.0. The van der Waals surface area contributed by atoms with E-state index in [1.807, 2.05) is 48.5 Å². The van der Waals surface area contributed by atoms with Crippen molar-refractivity contribution in [2.75, 3.05) is 12.4 Å². The Bertz CT molecular complexity index is 1240. The maximum atomic E-state index is 13.2. The monoisotopic (exact) mass is 467 g/mol. The number of methoxy groups -OCH3 is 1. The number of benzene rings is 3. The van der Waals surface area contributed by atoms with Crippen molar-refractivity contribution in [2.24, 2.45) is 0 Å². The number of amides is 1. The molecule has 4 aromatic rings. The quantitative estimate of drug-likeness (QED) is 0.270. The van der Waals surface area contributed by atoms with Crippen LogP contribution in [-0.2, 0) is 4.79 Å². The number of anilines is 1. The van der Waals surface area contributed by atoms with Crippen LogP contribution in [0.1, 0.15) is 28.1 Å². The number of halogens is 1. The van der Waals surface area contributed by atoms with Crippen molar-refractivity contribution >= 4 is 52.6 Å². The molecule has 1 atom stereocenters. The van der Waals surface area contributed by atoms with Crippen LogP contribution in [0.3, 0.4) is 0 Å². The summed E-state index contributed by atoms with van der Waals surface area (Å²) in [5, 5.41) is 3.03. The van der Waals surface area contributed by atoms with Gasteiger partial charge in [-0.1, -0.05) is 54.2 Å². The molecule has 1 unspecified atom stereocenters. The molecule has 0 radical (unpaired) electrons. The smallest absolute Gasteiger partial charge is 0.242 e. The summed E-state index contributed by atoms with van der Waals surface area (Å²) < 4.78 is 5.27. The van der Waals surface area contributed by atoms with E-state index >= 15 is 0 Å². The van der Waals surface area contributed by atoms with Crippen molar-refractivity contribution in [1.82, 2.24) is 9.97 Å². The molecule has 0 saturated carbocycles. The molecule has 0 aliphatic rings. The zero-order chi connectivity index (χ0) is 21.8. The number of nitrogens with zero attached hydrogens (tertiary/aromatic N) is 1. The third-order valence-electron chi connectivity index (χ3n) is 4.77. The van der Waals surface area contributed by atoms with Gasteiger partial charge in [-0.15, -0.1) is 12.4 Å². The molecule has 0 fully saturated rings. The van der Waals surface area contributed by atoms with Gasteiger partial charge in [-0.2, -0.15) is 0 Å². The molecular formula is C24H22ClN3O3S. The van der Waals surface area contributed by atoms with Crippen molar-refractivity contribution in [1.29, 1.82) is 0 Å². The summed E-state index contributed by atoms with van der Waals surface area (Å²) in [5.74, 6) is 0.480. The lowest BCUT2D eigenvalue weighted by Crippen LogP contribution is -2.19. The second-order valence-corrected chi connectivity index (χ2v) is 8.05. The van der Waals surface area contributed by atoms with Crippen LogP contribution in [-0.4, -0.2) is 28.8 Å². The highest BCUT2D eigenvalue weighted by atomic mass is 35.5. The fourth-order valence-corrected chi connectivity index (χ4v) is 4.19. The molecule has 1 aromatic heterocycles.